The largest absolute Gasteiger partial charge is 0.330 e. The molecule has 0 atom stereocenters. The Morgan fingerprint density at radius 1 is 1.50 bits per heavy atom. The molecule has 0 radical (unpaired) electrons. The van der Waals surface area contributed by atoms with Gasteiger partial charge in [-0.1, -0.05) is 18.2 Å². The van der Waals surface area contributed by atoms with Gasteiger partial charge >= 0.3 is 0 Å². The van der Waals surface area contributed by atoms with E-state index in [1.54, 1.807) is 4.90 Å². The fourth-order valence-electron chi connectivity index (χ4n) is 1.98. The second-order valence-corrected chi connectivity index (χ2v) is 3.59. The smallest absolute Gasteiger partial charge is 0.231 e. The van der Waals surface area contributed by atoms with E-state index in [1.165, 1.54) is 5.56 Å². The normalized spacial score (nSPS) is 14.7. The first-order chi connectivity index (χ1) is 6.74. The molecule has 2 N–H and O–H groups in total. The highest BCUT2D eigenvalue weighted by Crippen LogP contribution is 2.31. The molecular formula is C11H14N2O. The van der Waals surface area contributed by atoms with Gasteiger partial charge in [-0.05, 0) is 24.1 Å². The molecule has 1 aliphatic rings. The Hall–Kier alpha value is -1.35. The van der Waals surface area contributed by atoms with Crippen LogP contribution in [-0.4, -0.2) is 19.5 Å². The lowest BCUT2D eigenvalue weighted by Crippen LogP contribution is -2.22. The molecule has 1 heterocycles. The lowest BCUT2D eigenvalue weighted by atomic mass is 10.0. The van der Waals surface area contributed by atoms with Crippen molar-refractivity contribution in [3.8, 4) is 0 Å². The summed E-state index contributed by atoms with van der Waals surface area (Å²) in [4.78, 5) is 13.2. The van der Waals surface area contributed by atoms with Gasteiger partial charge in [0.15, 0.2) is 0 Å². The van der Waals surface area contributed by atoms with E-state index in [4.69, 9.17) is 5.73 Å². The van der Waals surface area contributed by atoms with Gasteiger partial charge in [0.1, 0.15) is 0 Å². The number of hydrogen-bond acceptors (Lipinski definition) is 2. The number of rotatable bonds is 2. The number of nitrogens with two attached hydrogens (primary N) is 1. The van der Waals surface area contributed by atoms with E-state index in [0.717, 1.165) is 17.7 Å². The molecule has 1 amide bonds. The number of benzene rings is 1. The summed E-state index contributed by atoms with van der Waals surface area (Å²) in [5.74, 6) is 0.171. The summed E-state index contributed by atoms with van der Waals surface area (Å²) in [6.07, 6.45) is 1.37. The molecule has 74 valence electrons. The van der Waals surface area contributed by atoms with Gasteiger partial charge in [0, 0.05) is 7.05 Å². The van der Waals surface area contributed by atoms with Crippen molar-refractivity contribution in [2.75, 3.05) is 18.5 Å². The first-order valence-corrected chi connectivity index (χ1v) is 4.81. The van der Waals surface area contributed by atoms with Gasteiger partial charge < -0.3 is 10.6 Å². The van der Waals surface area contributed by atoms with Crippen molar-refractivity contribution in [3.63, 3.8) is 0 Å². The number of hydrogen-bond donors (Lipinski definition) is 1. The van der Waals surface area contributed by atoms with Gasteiger partial charge in [0.05, 0.1) is 12.1 Å². The fourth-order valence-corrected chi connectivity index (χ4v) is 1.98. The molecule has 0 aromatic heterocycles. The number of likely N-dealkylation sites (N-methyl/N-ethyl adjacent to an activating group) is 1. The van der Waals surface area contributed by atoms with Crippen molar-refractivity contribution < 1.29 is 4.79 Å². The summed E-state index contributed by atoms with van der Waals surface area (Å²) in [5.41, 5.74) is 8.91. The molecular weight excluding hydrogens is 176 g/mol. The summed E-state index contributed by atoms with van der Waals surface area (Å²) in [6.45, 7) is 0.623. The number of para-hydroxylation sites is 1. The number of carbonyl (C=O) groups is 1. The number of fused-ring (bicyclic) bond motifs is 1. The Labute approximate surface area is 83.5 Å². The molecule has 0 bridgehead atoms. The first-order valence-electron chi connectivity index (χ1n) is 4.81. The molecule has 1 aromatic rings. The van der Waals surface area contributed by atoms with Crippen LogP contribution in [0.5, 0.6) is 0 Å². The maximum Gasteiger partial charge on any atom is 0.231 e. The topological polar surface area (TPSA) is 46.3 Å². The third kappa shape index (κ3) is 1.30. The zero-order valence-electron chi connectivity index (χ0n) is 8.29. The van der Waals surface area contributed by atoms with Crippen molar-refractivity contribution in [2.24, 2.45) is 5.73 Å². The van der Waals surface area contributed by atoms with Gasteiger partial charge in [-0.15, -0.1) is 0 Å². The number of anilines is 1. The summed E-state index contributed by atoms with van der Waals surface area (Å²) >= 11 is 0. The van der Waals surface area contributed by atoms with Crippen molar-refractivity contribution in [1.82, 2.24) is 0 Å². The predicted molar refractivity (Wildman–Crippen MR) is 56.3 cm³/mol. The second-order valence-electron chi connectivity index (χ2n) is 3.59. The highest BCUT2D eigenvalue weighted by atomic mass is 16.2. The molecule has 1 aliphatic heterocycles. The van der Waals surface area contributed by atoms with E-state index >= 15 is 0 Å². The second kappa shape index (κ2) is 3.42. The minimum absolute atomic E-state index is 0.171. The molecule has 0 aliphatic carbocycles. The SMILES string of the molecule is CN1C(=O)Cc2cccc(CCN)c21. The molecule has 3 heteroatoms. The van der Waals surface area contributed by atoms with Gasteiger partial charge in [-0.25, -0.2) is 0 Å². The Balaban J connectivity index is 2.47. The third-order valence-electron chi connectivity index (χ3n) is 2.67. The standard InChI is InChI=1S/C11H14N2O/c1-13-10(14)7-9-4-2-3-8(5-6-12)11(9)13/h2-4H,5-7,12H2,1H3. The van der Waals surface area contributed by atoms with Crippen LogP contribution < -0.4 is 10.6 Å². The molecule has 0 unspecified atom stereocenters. The molecule has 14 heavy (non-hydrogen) atoms. The van der Waals surface area contributed by atoms with E-state index in [1.807, 2.05) is 25.2 Å². The average molecular weight is 190 g/mol. The molecule has 0 saturated heterocycles. The van der Waals surface area contributed by atoms with Gasteiger partial charge in [-0.2, -0.15) is 0 Å². The summed E-state index contributed by atoms with van der Waals surface area (Å²) in [5, 5.41) is 0. The highest BCUT2D eigenvalue weighted by Gasteiger charge is 2.25. The fraction of sp³-hybridized carbons (Fsp3) is 0.364. The first kappa shape index (κ1) is 9.21. The average Bonchev–Trinajstić information content (AvgIpc) is 2.45. The van der Waals surface area contributed by atoms with E-state index < -0.39 is 0 Å². The van der Waals surface area contributed by atoms with Crippen LogP contribution >= 0.6 is 0 Å². The van der Waals surface area contributed by atoms with Gasteiger partial charge in [-0.3, -0.25) is 4.79 Å². The minimum atomic E-state index is 0.171. The zero-order valence-corrected chi connectivity index (χ0v) is 8.29. The molecule has 0 spiro atoms. The van der Waals surface area contributed by atoms with Crippen LogP contribution in [0.15, 0.2) is 18.2 Å². The van der Waals surface area contributed by atoms with Crippen LogP contribution in [0.25, 0.3) is 0 Å². The van der Waals surface area contributed by atoms with Gasteiger partial charge in [0.25, 0.3) is 0 Å². The van der Waals surface area contributed by atoms with E-state index in [-0.39, 0.29) is 5.91 Å². The number of carbonyl (C=O) groups excluding carboxylic acids is 1. The number of nitrogens with zero attached hydrogens (tertiary/aromatic N) is 1. The highest BCUT2D eigenvalue weighted by molar-refractivity contribution is 6.01. The molecule has 0 saturated carbocycles. The minimum Gasteiger partial charge on any atom is -0.330 e. The monoisotopic (exact) mass is 190 g/mol. The van der Waals surface area contributed by atoms with Crippen molar-refractivity contribution in [1.29, 1.82) is 0 Å². The van der Waals surface area contributed by atoms with Crippen molar-refractivity contribution >= 4 is 11.6 Å². The lowest BCUT2D eigenvalue weighted by Gasteiger charge is -2.14. The van der Waals surface area contributed by atoms with Crippen LogP contribution in [0.3, 0.4) is 0 Å². The van der Waals surface area contributed by atoms with Crippen LogP contribution in [-0.2, 0) is 17.6 Å². The van der Waals surface area contributed by atoms with E-state index in [9.17, 15) is 4.79 Å². The summed E-state index contributed by atoms with van der Waals surface area (Å²) < 4.78 is 0. The maximum absolute atomic E-state index is 11.5. The number of amides is 1. The Morgan fingerprint density at radius 2 is 2.29 bits per heavy atom. The zero-order chi connectivity index (χ0) is 10.1. The third-order valence-corrected chi connectivity index (χ3v) is 2.67. The maximum atomic E-state index is 11.5. The quantitative estimate of drug-likeness (QED) is 0.746. The van der Waals surface area contributed by atoms with Crippen LogP contribution in [0.4, 0.5) is 5.69 Å². The van der Waals surface area contributed by atoms with E-state index in [0.29, 0.717) is 13.0 Å². The predicted octanol–water partition coefficient (Wildman–Crippen LogP) is 0.707. The Kier molecular flexibility index (Phi) is 2.25. The molecule has 0 fully saturated rings. The molecule has 1 aromatic carbocycles. The summed E-state index contributed by atoms with van der Waals surface area (Å²) in [7, 11) is 1.83. The van der Waals surface area contributed by atoms with Crippen molar-refractivity contribution in [2.45, 2.75) is 12.8 Å². The summed E-state index contributed by atoms with van der Waals surface area (Å²) in [6, 6.07) is 6.05. The van der Waals surface area contributed by atoms with Crippen molar-refractivity contribution in [3.05, 3.63) is 29.3 Å². The Morgan fingerprint density at radius 3 is 3.00 bits per heavy atom. The molecule has 3 nitrogen and oxygen atoms in total. The Bertz CT molecular complexity index is 374. The van der Waals surface area contributed by atoms with Crippen LogP contribution in [0, 0.1) is 0 Å². The lowest BCUT2D eigenvalue weighted by molar-refractivity contribution is -0.117. The van der Waals surface area contributed by atoms with Crippen LogP contribution in [0.2, 0.25) is 0 Å². The van der Waals surface area contributed by atoms with Gasteiger partial charge in [0.2, 0.25) is 5.91 Å². The molecule has 2 rings (SSSR count). The van der Waals surface area contributed by atoms with Crippen LogP contribution in [0.1, 0.15) is 11.1 Å². The van der Waals surface area contributed by atoms with E-state index in [2.05, 4.69) is 0 Å².